The normalized spacial score (nSPS) is 10.9. The summed E-state index contributed by atoms with van der Waals surface area (Å²) in [6.45, 7) is 0.590. The Morgan fingerprint density at radius 2 is 1.72 bits per heavy atom. The van der Waals surface area contributed by atoms with Crippen LogP contribution >= 0.6 is 0 Å². The van der Waals surface area contributed by atoms with Crippen LogP contribution in [0.1, 0.15) is 15.9 Å². The third-order valence-electron chi connectivity index (χ3n) is 4.11. The highest BCUT2D eigenvalue weighted by Crippen LogP contribution is 2.27. The lowest BCUT2D eigenvalue weighted by atomic mass is 10.1. The summed E-state index contributed by atoms with van der Waals surface area (Å²) in [5, 5.41) is 9.53. The summed E-state index contributed by atoms with van der Waals surface area (Å²) in [7, 11) is 0. The molecule has 0 saturated heterocycles. The fourth-order valence-electron chi connectivity index (χ4n) is 2.96. The van der Waals surface area contributed by atoms with Crippen molar-refractivity contribution in [2.75, 3.05) is 0 Å². The zero-order valence-corrected chi connectivity index (χ0v) is 13.3. The third kappa shape index (κ3) is 2.76. The van der Waals surface area contributed by atoms with Crippen LogP contribution in [0.4, 0.5) is 0 Å². The maximum Gasteiger partial charge on any atom is 0.336 e. The zero-order chi connectivity index (χ0) is 17.2. The fourth-order valence-corrected chi connectivity index (χ4v) is 2.96. The Morgan fingerprint density at radius 3 is 2.52 bits per heavy atom. The molecule has 25 heavy (non-hydrogen) atoms. The fraction of sp³-hybridized carbons (Fsp3) is 0.0500. The minimum absolute atomic E-state index is 0.229. The first-order valence-electron chi connectivity index (χ1n) is 7.92. The molecular weight excluding hydrogens is 314 g/mol. The highest BCUT2D eigenvalue weighted by atomic mass is 16.4. The molecule has 0 unspecified atom stereocenters. The summed E-state index contributed by atoms with van der Waals surface area (Å²) in [5.74, 6) is -0.363. The SMILES string of the molecule is O=C(O)c1ccccc1-c1nc2ncccc2n1Cc1ccccc1. The molecule has 0 aliphatic heterocycles. The van der Waals surface area contributed by atoms with Crippen LogP contribution in [0.5, 0.6) is 0 Å². The summed E-state index contributed by atoms with van der Waals surface area (Å²) < 4.78 is 2.01. The van der Waals surface area contributed by atoms with Crippen molar-refractivity contribution in [2.45, 2.75) is 6.54 Å². The number of nitrogens with zero attached hydrogens (tertiary/aromatic N) is 3. The molecule has 5 heteroatoms. The number of benzene rings is 2. The molecular formula is C20H15N3O2. The second-order valence-corrected chi connectivity index (χ2v) is 5.70. The first kappa shape index (κ1) is 15.1. The molecule has 2 heterocycles. The van der Waals surface area contributed by atoms with E-state index in [2.05, 4.69) is 9.97 Å². The van der Waals surface area contributed by atoms with Gasteiger partial charge in [-0.05, 0) is 23.8 Å². The lowest BCUT2D eigenvalue weighted by Gasteiger charge is -2.11. The lowest BCUT2D eigenvalue weighted by Crippen LogP contribution is -2.06. The quantitative estimate of drug-likeness (QED) is 0.617. The minimum atomic E-state index is -0.970. The van der Waals surface area contributed by atoms with Crippen molar-refractivity contribution in [3.05, 3.63) is 84.1 Å². The number of carboxylic acids is 1. The number of carboxylic acid groups (broad SMARTS) is 1. The monoisotopic (exact) mass is 329 g/mol. The van der Waals surface area contributed by atoms with Gasteiger partial charge in [0, 0.05) is 18.3 Å². The van der Waals surface area contributed by atoms with Crippen LogP contribution in [0.3, 0.4) is 0 Å². The van der Waals surface area contributed by atoms with E-state index in [1.165, 1.54) is 0 Å². The van der Waals surface area contributed by atoms with Crippen molar-refractivity contribution in [3.63, 3.8) is 0 Å². The van der Waals surface area contributed by atoms with E-state index < -0.39 is 5.97 Å². The van der Waals surface area contributed by atoms with Crippen molar-refractivity contribution in [1.29, 1.82) is 0 Å². The summed E-state index contributed by atoms with van der Waals surface area (Å²) >= 11 is 0. The largest absolute Gasteiger partial charge is 0.478 e. The molecule has 0 spiro atoms. The first-order chi connectivity index (χ1) is 12.2. The van der Waals surface area contributed by atoms with Gasteiger partial charge in [-0.1, -0.05) is 48.5 Å². The Bertz CT molecular complexity index is 1050. The lowest BCUT2D eigenvalue weighted by molar-refractivity contribution is 0.0697. The molecule has 0 saturated carbocycles. The second kappa shape index (κ2) is 6.20. The Morgan fingerprint density at radius 1 is 0.960 bits per heavy atom. The standard InChI is InChI=1S/C20H15N3O2/c24-20(25)16-10-5-4-9-15(16)19-22-18-17(11-6-12-21-18)23(19)13-14-7-2-1-3-8-14/h1-12H,13H2,(H,24,25). The Balaban J connectivity index is 1.95. The molecule has 0 bridgehead atoms. The van der Waals surface area contributed by atoms with Crippen LogP contribution in [0.2, 0.25) is 0 Å². The molecule has 5 nitrogen and oxygen atoms in total. The summed E-state index contributed by atoms with van der Waals surface area (Å²) in [6, 6.07) is 20.7. The number of rotatable bonds is 4. The van der Waals surface area contributed by atoms with Gasteiger partial charge in [0.2, 0.25) is 0 Å². The number of aromatic carboxylic acids is 1. The molecule has 2 aromatic heterocycles. The molecule has 122 valence electrons. The van der Waals surface area contributed by atoms with E-state index in [-0.39, 0.29) is 5.56 Å². The van der Waals surface area contributed by atoms with Gasteiger partial charge in [-0.3, -0.25) is 0 Å². The number of pyridine rings is 1. The number of fused-ring (bicyclic) bond motifs is 1. The zero-order valence-electron chi connectivity index (χ0n) is 13.3. The number of carbonyl (C=O) groups is 1. The molecule has 0 aliphatic carbocycles. The third-order valence-corrected chi connectivity index (χ3v) is 4.11. The van der Waals surface area contributed by atoms with E-state index in [0.717, 1.165) is 11.1 Å². The topological polar surface area (TPSA) is 68.0 Å². The van der Waals surface area contributed by atoms with E-state index in [9.17, 15) is 9.90 Å². The van der Waals surface area contributed by atoms with Crippen molar-refractivity contribution < 1.29 is 9.90 Å². The number of hydrogen-bond donors (Lipinski definition) is 1. The van der Waals surface area contributed by atoms with Gasteiger partial charge in [-0.15, -0.1) is 0 Å². The van der Waals surface area contributed by atoms with E-state index in [4.69, 9.17) is 0 Å². The van der Waals surface area contributed by atoms with Crippen molar-refractivity contribution in [2.24, 2.45) is 0 Å². The van der Waals surface area contributed by atoms with Crippen LogP contribution in [-0.2, 0) is 6.54 Å². The molecule has 0 radical (unpaired) electrons. The van der Waals surface area contributed by atoms with Crippen molar-refractivity contribution in [1.82, 2.24) is 14.5 Å². The minimum Gasteiger partial charge on any atom is -0.478 e. The van der Waals surface area contributed by atoms with Crippen molar-refractivity contribution in [3.8, 4) is 11.4 Å². The van der Waals surface area contributed by atoms with Gasteiger partial charge in [0.25, 0.3) is 0 Å². The second-order valence-electron chi connectivity index (χ2n) is 5.70. The van der Waals surface area contributed by atoms with E-state index in [0.29, 0.717) is 23.6 Å². The van der Waals surface area contributed by atoms with Gasteiger partial charge in [-0.2, -0.15) is 0 Å². The van der Waals surface area contributed by atoms with Crippen LogP contribution in [0, 0.1) is 0 Å². The maximum absolute atomic E-state index is 11.6. The predicted molar refractivity (Wildman–Crippen MR) is 95.5 cm³/mol. The summed E-state index contributed by atoms with van der Waals surface area (Å²) in [5.41, 5.74) is 3.41. The Labute approximate surface area is 144 Å². The molecule has 0 aliphatic rings. The van der Waals surface area contributed by atoms with Crippen LogP contribution in [0.25, 0.3) is 22.6 Å². The van der Waals surface area contributed by atoms with Gasteiger partial charge in [-0.25, -0.2) is 14.8 Å². The average Bonchev–Trinajstić information content (AvgIpc) is 3.01. The number of imidazole rings is 1. The Kier molecular flexibility index (Phi) is 3.74. The van der Waals surface area contributed by atoms with E-state index in [1.807, 2.05) is 53.1 Å². The summed E-state index contributed by atoms with van der Waals surface area (Å²) in [6.07, 6.45) is 1.69. The van der Waals surface area contributed by atoms with Gasteiger partial charge < -0.3 is 9.67 Å². The van der Waals surface area contributed by atoms with Gasteiger partial charge in [0.15, 0.2) is 5.65 Å². The summed E-state index contributed by atoms with van der Waals surface area (Å²) in [4.78, 5) is 20.6. The van der Waals surface area contributed by atoms with Crippen LogP contribution in [-0.4, -0.2) is 25.6 Å². The molecule has 0 amide bonds. The van der Waals surface area contributed by atoms with E-state index in [1.54, 1.807) is 24.4 Å². The van der Waals surface area contributed by atoms with Gasteiger partial charge in [0.05, 0.1) is 11.1 Å². The molecule has 0 atom stereocenters. The molecule has 4 aromatic rings. The van der Waals surface area contributed by atoms with Gasteiger partial charge in [0.1, 0.15) is 5.82 Å². The highest BCUT2D eigenvalue weighted by molar-refractivity contribution is 5.96. The van der Waals surface area contributed by atoms with Gasteiger partial charge >= 0.3 is 5.97 Å². The molecule has 4 rings (SSSR count). The molecule has 0 fully saturated rings. The molecule has 1 N–H and O–H groups in total. The van der Waals surface area contributed by atoms with Crippen LogP contribution < -0.4 is 0 Å². The average molecular weight is 329 g/mol. The predicted octanol–water partition coefficient (Wildman–Crippen LogP) is 3.84. The van der Waals surface area contributed by atoms with Crippen LogP contribution in [0.15, 0.2) is 72.9 Å². The van der Waals surface area contributed by atoms with Crippen molar-refractivity contribution >= 4 is 17.1 Å². The molecule has 2 aromatic carbocycles. The first-order valence-corrected chi connectivity index (χ1v) is 7.92. The maximum atomic E-state index is 11.6. The Hall–Kier alpha value is -3.47. The smallest absolute Gasteiger partial charge is 0.336 e. The number of aromatic nitrogens is 3. The van der Waals surface area contributed by atoms with E-state index >= 15 is 0 Å². The number of hydrogen-bond acceptors (Lipinski definition) is 3. The highest BCUT2D eigenvalue weighted by Gasteiger charge is 2.18.